The van der Waals surface area contributed by atoms with E-state index in [2.05, 4.69) is 10.5 Å². The lowest BCUT2D eigenvalue weighted by Crippen LogP contribution is -2.38. The van der Waals surface area contributed by atoms with Gasteiger partial charge in [0.05, 0.1) is 6.54 Å². The minimum Gasteiger partial charge on any atom is -0.360 e. The highest BCUT2D eigenvalue weighted by Crippen LogP contribution is 2.12. The van der Waals surface area contributed by atoms with Crippen LogP contribution in [0.5, 0.6) is 0 Å². The minimum atomic E-state index is -0.320. The van der Waals surface area contributed by atoms with Gasteiger partial charge in [0.25, 0.3) is 0 Å². The zero-order chi connectivity index (χ0) is 16.8. The van der Waals surface area contributed by atoms with Crippen LogP contribution >= 0.6 is 11.6 Å². The van der Waals surface area contributed by atoms with Gasteiger partial charge in [-0.25, -0.2) is 0 Å². The molecular weight excluding hydrogens is 318 g/mol. The average Bonchev–Trinajstić information content (AvgIpc) is 2.88. The quantitative estimate of drug-likeness (QED) is 0.880. The van der Waals surface area contributed by atoms with Gasteiger partial charge in [-0.05, 0) is 31.0 Å². The van der Waals surface area contributed by atoms with Crippen LogP contribution in [0.3, 0.4) is 0 Å². The van der Waals surface area contributed by atoms with Crippen molar-refractivity contribution in [1.29, 1.82) is 0 Å². The monoisotopic (exact) mass is 335 g/mol. The Kier molecular flexibility index (Phi) is 5.76. The molecule has 0 aliphatic heterocycles. The number of carbonyl (C=O) groups is 2. The number of hydrogen-bond acceptors (Lipinski definition) is 4. The molecule has 1 aromatic heterocycles. The number of halogens is 1. The maximum atomic E-state index is 12.0. The molecule has 1 heterocycles. The summed E-state index contributed by atoms with van der Waals surface area (Å²) in [7, 11) is 0. The molecule has 0 saturated heterocycles. The summed E-state index contributed by atoms with van der Waals surface area (Å²) in [4.78, 5) is 25.2. The van der Waals surface area contributed by atoms with Crippen LogP contribution in [0, 0.1) is 6.92 Å². The molecule has 0 atom stereocenters. The van der Waals surface area contributed by atoms with Crippen LogP contribution in [0.15, 0.2) is 34.9 Å². The molecule has 0 unspecified atom stereocenters. The highest BCUT2D eigenvalue weighted by molar-refractivity contribution is 6.30. The van der Waals surface area contributed by atoms with Crippen LogP contribution in [0.1, 0.15) is 18.2 Å². The molecule has 2 rings (SSSR count). The van der Waals surface area contributed by atoms with Crippen molar-refractivity contribution < 1.29 is 14.1 Å². The Morgan fingerprint density at radius 3 is 2.74 bits per heavy atom. The van der Waals surface area contributed by atoms with Gasteiger partial charge in [-0.3, -0.25) is 9.59 Å². The number of nitrogens with zero attached hydrogens (tertiary/aromatic N) is 2. The van der Waals surface area contributed by atoms with Gasteiger partial charge in [-0.15, -0.1) is 0 Å². The molecule has 1 N–H and O–H groups in total. The molecule has 23 heavy (non-hydrogen) atoms. The molecule has 0 bridgehead atoms. The van der Waals surface area contributed by atoms with Gasteiger partial charge in [0, 0.05) is 24.6 Å². The number of carbonyl (C=O) groups excluding carboxylic acids is 2. The lowest BCUT2D eigenvalue weighted by Gasteiger charge is -2.20. The van der Waals surface area contributed by atoms with E-state index in [9.17, 15) is 9.59 Å². The van der Waals surface area contributed by atoms with Gasteiger partial charge in [0.2, 0.25) is 11.8 Å². The molecule has 2 amide bonds. The standard InChI is InChI=1S/C16H18ClN3O3/c1-11-8-15(19-23-11)18-16(22)10-20(12(2)21)7-6-13-4-3-5-14(17)9-13/h3-5,8-9H,6-7,10H2,1-2H3,(H,18,19,22). The van der Waals surface area contributed by atoms with Crippen molar-refractivity contribution in [3.05, 3.63) is 46.7 Å². The van der Waals surface area contributed by atoms with Crippen molar-refractivity contribution in [2.75, 3.05) is 18.4 Å². The van der Waals surface area contributed by atoms with Gasteiger partial charge < -0.3 is 14.7 Å². The molecule has 6 nitrogen and oxygen atoms in total. The molecule has 0 spiro atoms. The van der Waals surface area contributed by atoms with E-state index in [1.54, 1.807) is 19.1 Å². The van der Waals surface area contributed by atoms with Crippen LogP contribution in [0.4, 0.5) is 5.82 Å². The Hall–Kier alpha value is -2.34. The first-order chi connectivity index (χ1) is 10.9. The van der Waals surface area contributed by atoms with Gasteiger partial charge in [-0.1, -0.05) is 28.9 Å². The maximum absolute atomic E-state index is 12.0. The number of benzene rings is 1. The normalized spacial score (nSPS) is 10.4. The Morgan fingerprint density at radius 1 is 1.35 bits per heavy atom. The summed E-state index contributed by atoms with van der Waals surface area (Å²) in [5, 5.41) is 6.93. The Bertz CT molecular complexity index is 699. The van der Waals surface area contributed by atoms with E-state index in [-0.39, 0.29) is 18.4 Å². The molecular formula is C16H18ClN3O3. The third-order valence-electron chi connectivity index (χ3n) is 3.23. The van der Waals surface area contributed by atoms with Crippen molar-refractivity contribution in [1.82, 2.24) is 10.1 Å². The number of nitrogens with one attached hydrogen (secondary N) is 1. The molecule has 1 aromatic carbocycles. The predicted molar refractivity (Wildman–Crippen MR) is 87.3 cm³/mol. The minimum absolute atomic E-state index is 0.0399. The van der Waals surface area contributed by atoms with Gasteiger partial charge >= 0.3 is 0 Å². The molecule has 0 fully saturated rings. The topological polar surface area (TPSA) is 75.4 Å². The lowest BCUT2D eigenvalue weighted by atomic mass is 10.1. The highest BCUT2D eigenvalue weighted by atomic mass is 35.5. The fourth-order valence-electron chi connectivity index (χ4n) is 2.09. The number of rotatable bonds is 6. The number of amides is 2. The largest absolute Gasteiger partial charge is 0.360 e. The number of aryl methyl sites for hydroxylation is 1. The van der Waals surface area contributed by atoms with E-state index >= 15 is 0 Å². The van der Waals surface area contributed by atoms with Crippen LogP contribution in [0.25, 0.3) is 0 Å². The SMILES string of the molecule is CC(=O)N(CCc1cccc(Cl)c1)CC(=O)Nc1cc(C)on1. The zero-order valence-corrected chi connectivity index (χ0v) is 13.8. The van der Waals surface area contributed by atoms with Gasteiger partial charge in [0.1, 0.15) is 5.76 Å². The second-order valence-electron chi connectivity index (χ2n) is 5.19. The van der Waals surface area contributed by atoms with Crippen LogP contribution in [-0.4, -0.2) is 35.0 Å². The summed E-state index contributed by atoms with van der Waals surface area (Å²) in [6, 6.07) is 9.04. The van der Waals surface area contributed by atoms with Crippen molar-refractivity contribution in [3.63, 3.8) is 0 Å². The predicted octanol–water partition coefficient (Wildman–Crippen LogP) is 2.67. The van der Waals surface area contributed by atoms with Gasteiger partial charge in [0.15, 0.2) is 5.82 Å². The summed E-state index contributed by atoms with van der Waals surface area (Å²) in [6.07, 6.45) is 0.622. The van der Waals surface area contributed by atoms with E-state index < -0.39 is 0 Å². The summed E-state index contributed by atoms with van der Waals surface area (Å²) in [6.45, 7) is 3.56. The molecule has 2 aromatic rings. The van der Waals surface area contributed by atoms with Crippen molar-refractivity contribution >= 4 is 29.2 Å². The molecule has 122 valence electrons. The number of aromatic nitrogens is 1. The number of anilines is 1. The van der Waals surface area contributed by atoms with E-state index in [1.165, 1.54) is 11.8 Å². The van der Waals surface area contributed by atoms with Crippen molar-refractivity contribution in [3.8, 4) is 0 Å². The third-order valence-corrected chi connectivity index (χ3v) is 3.47. The lowest BCUT2D eigenvalue weighted by molar-refractivity contribution is -0.132. The molecule has 7 heteroatoms. The molecule has 0 aliphatic rings. The zero-order valence-electron chi connectivity index (χ0n) is 13.0. The van der Waals surface area contributed by atoms with E-state index in [0.29, 0.717) is 29.6 Å². The van der Waals surface area contributed by atoms with Crippen molar-refractivity contribution in [2.24, 2.45) is 0 Å². The molecule has 0 saturated carbocycles. The van der Waals surface area contributed by atoms with Crippen LogP contribution in [-0.2, 0) is 16.0 Å². The third kappa shape index (κ3) is 5.41. The maximum Gasteiger partial charge on any atom is 0.245 e. The average molecular weight is 336 g/mol. The summed E-state index contributed by atoms with van der Waals surface area (Å²) in [5.74, 6) is 0.452. The van der Waals surface area contributed by atoms with Crippen LogP contribution in [0.2, 0.25) is 5.02 Å². The Morgan fingerprint density at radius 2 is 2.13 bits per heavy atom. The van der Waals surface area contributed by atoms with E-state index in [0.717, 1.165) is 5.56 Å². The fourth-order valence-corrected chi connectivity index (χ4v) is 2.30. The van der Waals surface area contributed by atoms with E-state index in [4.69, 9.17) is 16.1 Å². The van der Waals surface area contributed by atoms with Gasteiger partial charge in [-0.2, -0.15) is 0 Å². The van der Waals surface area contributed by atoms with E-state index in [1.807, 2.05) is 18.2 Å². The summed E-state index contributed by atoms with van der Waals surface area (Å²) in [5.41, 5.74) is 1.01. The summed E-state index contributed by atoms with van der Waals surface area (Å²) >= 11 is 5.94. The first kappa shape index (κ1) is 17.0. The van der Waals surface area contributed by atoms with Crippen molar-refractivity contribution in [2.45, 2.75) is 20.3 Å². The summed E-state index contributed by atoms with van der Waals surface area (Å²) < 4.78 is 4.88. The van der Waals surface area contributed by atoms with Crippen LogP contribution < -0.4 is 5.32 Å². The second kappa shape index (κ2) is 7.78. The number of hydrogen-bond donors (Lipinski definition) is 1. The first-order valence-corrected chi connectivity index (χ1v) is 7.55. The second-order valence-corrected chi connectivity index (χ2v) is 5.63. The first-order valence-electron chi connectivity index (χ1n) is 7.17. The Balaban J connectivity index is 1.90. The Labute approximate surface area is 139 Å². The fraction of sp³-hybridized carbons (Fsp3) is 0.312. The molecule has 0 radical (unpaired) electrons. The smallest absolute Gasteiger partial charge is 0.245 e. The highest BCUT2D eigenvalue weighted by Gasteiger charge is 2.15. The molecule has 0 aliphatic carbocycles.